The van der Waals surface area contributed by atoms with Crippen molar-refractivity contribution in [3.05, 3.63) is 0 Å². The van der Waals surface area contributed by atoms with Crippen molar-refractivity contribution >= 4 is 11.9 Å². The zero-order valence-electron chi connectivity index (χ0n) is 12.1. The first-order chi connectivity index (χ1) is 9.96. The van der Waals surface area contributed by atoms with E-state index >= 15 is 0 Å². The molecule has 0 aliphatic heterocycles. The van der Waals surface area contributed by atoms with Crippen molar-refractivity contribution in [1.82, 2.24) is 0 Å². The summed E-state index contributed by atoms with van der Waals surface area (Å²) in [5, 5.41) is 35.5. The predicted molar refractivity (Wildman–Crippen MR) is 70.9 cm³/mol. The van der Waals surface area contributed by atoms with Crippen LogP contribution in [0.2, 0.25) is 0 Å². The van der Waals surface area contributed by atoms with Crippen LogP contribution in [0.1, 0.15) is 39.0 Å². The monoisotopic (exact) mass is 308 g/mol. The fourth-order valence-corrected chi connectivity index (χ4v) is 1.44. The minimum atomic E-state index is -1.72. The maximum atomic E-state index is 11.4. The molecule has 0 aliphatic carbocycles. The minimum Gasteiger partial charge on any atom is -0.423 e. The molecule has 0 heterocycles. The largest absolute Gasteiger partial charge is 0.423 e. The Kier molecular flexibility index (Phi) is 10.8. The minimum absolute atomic E-state index is 0.202. The van der Waals surface area contributed by atoms with Crippen molar-refractivity contribution in [2.24, 2.45) is 0 Å². The van der Waals surface area contributed by atoms with E-state index in [0.717, 1.165) is 19.3 Å². The average Bonchev–Trinajstić information content (AvgIpc) is 2.49. The van der Waals surface area contributed by atoms with Gasteiger partial charge in [-0.25, -0.2) is 9.59 Å². The van der Waals surface area contributed by atoms with E-state index in [0.29, 0.717) is 6.42 Å². The van der Waals surface area contributed by atoms with Gasteiger partial charge in [-0.1, -0.05) is 26.2 Å². The summed E-state index contributed by atoms with van der Waals surface area (Å²) in [6, 6.07) is 0. The fourth-order valence-electron chi connectivity index (χ4n) is 1.44. The van der Waals surface area contributed by atoms with Crippen LogP contribution in [0.5, 0.6) is 0 Å². The Morgan fingerprint density at radius 3 is 1.76 bits per heavy atom. The number of hydrogen-bond acceptors (Lipinski definition) is 8. The molecule has 4 N–H and O–H groups in total. The number of carbonyl (C=O) groups excluding carboxylic acids is 2. The van der Waals surface area contributed by atoms with Gasteiger partial charge in [0.1, 0.15) is 0 Å². The molecule has 0 fully saturated rings. The molecule has 0 amide bonds. The van der Waals surface area contributed by atoms with Crippen molar-refractivity contribution in [1.29, 1.82) is 0 Å². The summed E-state index contributed by atoms with van der Waals surface area (Å²) in [6.45, 7) is 0.399. The molecule has 0 aromatic heterocycles. The van der Waals surface area contributed by atoms with Gasteiger partial charge in [-0.3, -0.25) is 0 Å². The number of rotatable bonds is 11. The number of aliphatic hydroxyl groups is 4. The molecule has 0 bridgehead atoms. The van der Waals surface area contributed by atoms with Gasteiger partial charge >= 0.3 is 11.9 Å². The predicted octanol–water partition coefficient (Wildman–Crippen LogP) is -0.924. The zero-order valence-corrected chi connectivity index (χ0v) is 12.1. The second kappa shape index (κ2) is 11.4. The molecule has 0 rings (SSSR count). The molecule has 0 aliphatic rings. The maximum Gasteiger partial charge on any atom is 0.340 e. The van der Waals surface area contributed by atoms with E-state index in [9.17, 15) is 9.59 Å². The van der Waals surface area contributed by atoms with Gasteiger partial charge in [0.15, 0.2) is 12.2 Å². The van der Waals surface area contributed by atoms with E-state index in [1.807, 2.05) is 6.92 Å². The second-order valence-electron chi connectivity index (χ2n) is 4.55. The van der Waals surface area contributed by atoms with Crippen molar-refractivity contribution in [3.63, 3.8) is 0 Å². The van der Waals surface area contributed by atoms with E-state index in [-0.39, 0.29) is 6.42 Å². The lowest BCUT2D eigenvalue weighted by atomic mass is 10.1. The zero-order chi connectivity index (χ0) is 16.3. The Morgan fingerprint density at radius 2 is 1.38 bits per heavy atom. The number of esters is 2. The normalized spacial score (nSPS) is 15.1. The van der Waals surface area contributed by atoms with Gasteiger partial charge in [0.2, 0.25) is 6.29 Å². The van der Waals surface area contributed by atoms with Gasteiger partial charge in [0.05, 0.1) is 13.2 Å². The lowest BCUT2D eigenvalue weighted by Crippen LogP contribution is -2.36. The van der Waals surface area contributed by atoms with Crippen molar-refractivity contribution < 1.29 is 39.5 Å². The van der Waals surface area contributed by atoms with Crippen LogP contribution in [-0.2, 0) is 19.1 Å². The summed E-state index contributed by atoms with van der Waals surface area (Å²) in [4.78, 5) is 22.7. The van der Waals surface area contributed by atoms with Gasteiger partial charge in [0.25, 0.3) is 0 Å². The summed E-state index contributed by atoms with van der Waals surface area (Å²) in [6.07, 6.45) is -1.09. The van der Waals surface area contributed by atoms with Crippen LogP contribution >= 0.6 is 0 Å². The van der Waals surface area contributed by atoms with E-state index in [4.69, 9.17) is 29.9 Å². The molecular formula is C13H24O8. The molecule has 2 atom stereocenters. The van der Waals surface area contributed by atoms with E-state index in [2.05, 4.69) is 0 Å². The SMILES string of the molecule is CCCCCCC(OC(=O)C(O)CO)OC(=O)C(O)CO. The third-order valence-corrected chi connectivity index (χ3v) is 2.68. The Bertz CT molecular complexity index is 283. The average molecular weight is 308 g/mol. The van der Waals surface area contributed by atoms with Gasteiger partial charge in [-0.2, -0.15) is 0 Å². The van der Waals surface area contributed by atoms with Crippen LogP contribution in [0, 0.1) is 0 Å². The van der Waals surface area contributed by atoms with Crippen molar-refractivity contribution in [2.45, 2.75) is 57.5 Å². The topological polar surface area (TPSA) is 134 Å². The van der Waals surface area contributed by atoms with Gasteiger partial charge in [-0.05, 0) is 6.42 Å². The third-order valence-electron chi connectivity index (χ3n) is 2.68. The number of carbonyl (C=O) groups is 2. The molecule has 0 saturated heterocycles. The Hall–Kier alpha value is -1.22. The molecule has 0 aromatic carbocycles. The lowest BCUT2D eigenvalue weighted by Gasteiger charge is -2.20. The number of hydrogen-bond donors (Lipinski definition) is 4. The molecular weight excluding hydrogens is 284 g/mol. The van der Waals surface area contributed by atoms with Crippen LogP contribution < -0.4 is 0 Å². The van der Waals surface area contributed by atoms with Crippen LogP contribution in [0.3, 0.4) is 0 Å². The summed E-state index contributed by atoms with van der Waals surface area (Å²) >= 11 is 0. The highest BCUT2D eigenvalue weighted by atomic mass is 16.7. The highest BCUT2D eigenvalue weighted by Crippen LogP contribution is 2.11. The molecule has 0 radical (unpaired) electrons. The van der Waals surface area contributed by atoms with Crippen LogP contribution in [0.15, 0.2) is 0 Å². The first kappa shape index (κ1) is 19.8. The Labute approximate surface area is 123 Å². The molecule has 2 unspecified atom stereocenters. The van der Waals surface area contributed by atoms with Gasteiger partial charge in [0, 0.05) is 6.42 Å². The number of aliphatic hydroxyl groups excluding tert-OH is 4. The molecule has 0 spiro atoms. The third kappa shape index (κ3) is 8.61. The Morgan fingerprint density at radius 1 is 0.905 bits per heavy atom. The quantitative estimate of drug-likeness (QED) is 0.219. The van der Waals surface area contributed by atoms with E-state index in [1.54, 1.807) is 0 Å². The molecule has 8 heteroatoms. The Balaban J connectivity index is 4.46. The van der Waals surface area contributed by atoms with Crippen LogP contribution in [-0.4, -0.2) is 64.1 Å². The molecule has 124 valence electrons. The number of ether oxygens (including phenoxy) is 2. The van der Waals surface area contributed by atoms with Crippen LogP contribution in [0.4, 0.5) is 0 Å². The maximum absolute atomic E-state index is 11.4. The standard InChI is InChI=1S/C13H24O8/c1-2-3-4-5-6-11(20-12(18)9(16)7-14)21-13(19)10(17)8-15/h9-11,14-17H,2-8H2,1H3. The van der Waals surface area contributed by atoms with Gasteiger partial charge in [-0.15, -0.1) is 0 Å². The van der Waals surface area contributed by atoms with Crippen LogP contribution in [0.25, 0.3) is 0 Å². The first-order valence-electron chi connectivity index (χ1n) is 6.95. The van der Waals surface area contributed by atoms with E-state index < -0.39 is 43.7 Å². The first-order valence-corrected chi connectivity index (χ1v) is 6.95. The van der Waals surface area contributed by atoms with E-state index in [1.165, 1.54) is 0 Å². The summed E-state index contributed by atoms with van der Waals surface area (Å²) in [5.74, 6) is -2.24. The molecule has 0 aromatic rings. The van der Waals surface area contributed by atoms with Crippen molar-refractivity contribution in [3.8, 4) is 0 Å². The summed E-state index contributed by atoms with van der Waals surface area (Å²) < 4.78 is 9.53. The summed E-state index contributed by atoms with van der Waals surface area (Å²) in [5.41, 5.74) is 0. The molecule has 0 saturated carbocycles. The number of unbranched alkanes of at least 4 members (excludes halogenated alkanes) is 3. The highest BCUT2D eigenvalue weighted by Gasteiger charge is 2.26. The second-order valence-corrected chi connectivity index (χ2v) is 4.55. The fraction of sp³-hybridized carbons (Fsp3) is 0.846. The molecule has 8 nitrogen and oxygen atoms in total. The summed E-state index contributed by atoms with van der Waals surface area (Å²) in [7, 11) is 0. The smallest absolute Gasteiger partial charge is 0.340 e. The highest BCUT2D eigenvalue weighted by molar-refractivity contribution is 5.76. The van der Waals surface area contributed by atoms with Gasteiger partial charge < -0.3 is 29.9 Å². The lowest BCUT2D eigenvalue weighted by molar-refractivity contribution is -0.201. The van der Waals surface area contributed by atoms with Crippen molar-refractivity contribution in [2.75, 3.05) is 13.2 Å². The molecule has 21 heavy (non-hydrogen) atoms.